The number of aryl methyl sites for hydroxylation is 1. The number of hydrogen-bond donors (Lipinski definition) is 2. The summed E-state index contributed by atoms with van der Waals surface area (Å²) < 4.78 is 27.9. The van der Waals surface area contributed by atoms with Gasteiger partial charge in [-0.25, -0.2) is 8.42 Å². The minimum atomic E-state index is -3.58. The van der Waals surface area contributed by atoms with E-state index in [2.05, 4.69) is 20.7 Å². The Hall–Kier alpha value is -0.890. The average Bonchev–Trinajstić information content (AvgIpc) is 2.82. The van der Waals surface area contributed by atoms with Crippen molar-refractivity contribution in [1.29, 1.82) is 0 Å². The zero-order valence-electron chi connectivity index (χ0n) is 10.2. The Balaban J connectivity index is 2.34. The molecule has 0 aliphatic heterocycles. The lowest BCUT2D eigenvalue weighted by Gasteiger charge is -2.09. The van der Waals surface area contributed by atoms with Crippen LogP contribution in [-0.2, 0) is 16.6 Å². The van der Waals surface area contributed by atoms with E-state index in [1.165, 1.54) is 11.3 Å². The van der Waals surface area contributed by atoms with Crippen LogP contribution in [-0.4, -0.2) is 8.42 Å². The predicted octanol–water partition coefficient (Wildman–Crippen LogP) is 3.08. The summed E-state index contributed by atoms with van der Waals surface area (Å²) >= 11 is 4.72. The van der Waals surface area contributed by atoms with Crippen LogP contribution in [0, 0.1) is 6.92 Å². The minimum Gasteiger partial charge on any atom is -0.326 e. The van der Waals surface area contributed by atoms with Crippen LogP contribution < -0.4 is 10.5 Å². The molecule has 0 spiro atoms. The number of benzene rings is 1. The van der Waals surface area contributed by atoms with Crippen LogP contribution in [0.4, 0.5) is 5.69 Å². The Morgan fingerprint density at radius 1 is 1.37 bits per heavy atom. The van der Waals surface area contributed by atoms with Crippen LogP contribution in [0.5, 0.6) is 0 Å². The normalized spacial score (nSPS) is 11.5. The molecular formula is C12H13BrN2O2S2. The van der Waals surface area contributed by atoms with Crippen LogP contribution in [0.15, 0.2) is 39.0 Å². The summed E-state index contributed by atoms with van der Waals surface area (Å²) in [6, 6.07) is 6.88. The monoisotopic (exact) mass is 360 g/mol. The molecule has 0 saturated carbocycles. The molecule has 4 nitrogen and oxygen atoms in total. The molecule has 0 unspecified atom stereocenters. The maximum absolute atomic E-state index is 12.3. The molecule has 7 heteroatoms. The summed E-state index contributed by atoms with van der Waals surface area (Å²) in [6.07, 6.45) is 0. The first-order valence-corrected chi connectivity index (χ1v) is 8.65. The molecule has 19 heavy (non-hydrogen) atoms. The number of nitrogens with one attached hydrogen (secondary N) is 1. The Morgan fingerprint density at radius 2 is 2.11 bits per heavy atom. The first-order chi connectivity index (χ1) is 8.94. The molecule has 102 valence electrons. The standard InChI is InChI=1S/C12H13BrN2O2S2/c1-8-2-3-9(6-10(8)13)15-19(16,17)12-4-5-18-11(12)7-14/h2-6,15H,7,14H2,1H3. The molecule has 1 aromatic carbocycles. The van der Waals surface area contributed by atoms with E-state index in [9.17, 15) is 8.42 Å². The molecule has 0 amide bonds. The van der Waals surface area contributed by atoms with Gasteiger partial charge in [0, 0.05) is 21.6 Å². The van der Waals surface area contributed by atoms with Crippen molar-refractivity contribution in [2.75, 3.05) is 4.72 Å². The maximum atomic E-state index is 12.3. The van der Waals surface area contributed by atoms with Gasteiger partial charge in [-0.1, -0.05) is 22.0 Å². The van der Waals surface area contributed by atoms with E-state index in [4.69, 9.17) is 5.73 Å². The van der Waals surface area contributed by atoms with E-state index < -0.39 is 10.0 Å². The Labute approximate surface area is 124 Å². The fourth-order valence-electron chi connectivity index (χ4n) is 1.58. The first kappa shape index (κ1) is 14.5. The summed E-state index contributed by atoms with van der Waals surface area (Å²) in [4.78, 5) is 0.898. The fourth-order valence-corrected chi connectivity index (χ4v) is 4.35. The van der Waals surface area contributed by atoms with Gasteiger partial charge < -0.3 is 5.73 Å². The molecule has 0 radical (unpaired) electrons. The van der Waals surface area contributed by atoms with Crippen LogP contribution in [0.1, 0.15) is 10.4 Å². The number of halogens is 1. The van der Waals surface area contributed by atoms with Crippen molar-refractivity contribution in [2.45, 2.75) is 18.4 Å². The van der Waals surface area contributed by atoms with Crippen LogP contribution >= 0.6 is 27.3 Å². The van der Waals surface area contributed by atoms with Gasteiger partial charge in [0.1, 0.15) is 4.90 Å². The second kappa shape index (κ2) is 5.62. The molecule has 0 saturated heterocycles. The molecule has 0 atom stereocenters. The Bertz CT molecular complexity index is 696. The van der Waals surface area contributed by atoms with Gasteiger partial charge >= 0.3 is 0 Å². The highest BCUT2D eigenvalue weighted by Crippen LogP contribution is 2.26. The zero-order valence-corrected chi connectivity index (χ0v) is 13.4. The highest BCUT2D eigenvalue weighted by Gasteiger charge is 2.19. The van der Waals surface area contributed by atoms with Crippen LogP contribution in [0.2, 0.25) is 0 Å². The highest BCUT2D eigenvalue weighted by molar-refractivity contribution is 9.10. The lowest BCUT2D eigenvalue weighted by Crippen LogP contribution is -2.14. The molecule has 1 aromatic heterocycles. The van der Waals surface area contributed by atoms with Gasteiger partial charge in [-0.3, -0.25) is 4.72 Å². The number of rotatable bonds is 4. The van der Waals surface area contributed by atoms with Crippen molar-refractivity contribution in [1.82, 2.24) is 0 Å². The van der Waals surface area contributed by atoms with E-state index in [0.717, 1.165) is 10.0 Å². The smallest absolute Gasteiger partial charge is 0.263 e. The number of thiophene rings is 1. The largest absolute Gasteiger partial charge is 0.326 e. The third-order valence-corrected chi connectivity index (χ3v) is 6.00. The SMILES string of the molecule is Cc1ccc(NS(=O)(=O)c2ccsc2CN)cc1Br. The summed E-state index contributed by atoms with van der Waals surface area (Å²) in [5, 5.41) is 1.72. The maximum Gasteiger partial charge on any atom is 0.263 e. The van der Waals surface area contributed by atoms with Crippen molar-refractivity contribution >= 4 is 43.0 Å². The third kappa shape index (κ3) is 3.17. The van der Waals surface area contributed by atoms with Gasteiger partial charge in [0.05, 0.1) is 0 Å². The van der Waals surface area contributed by atoms with Crippen molar-refractivity contribution < 1.29 is 8.42 Å². The van der Waals surface area contributed by atoms with Crippen LogP contribution in [0.3, 0.4) is 0 Å². The van der Waals surface area contributed by atoms with E-state index >= 15 is 0 Å². The fraction of sp³-hybridized carbons (Fsp3) is 0.167. The lowest BCUT2D eigenvalue weighted by atomic mass is 10.2. The Kier molecular flexibility index (Phi) is 4.29. The minimum absolute atomic E-state index is 0.214. The number of hydrogen-bond acceptors (Lipinski definition) is 4. The second-order valence-electron chi connectivity index (χ2n) is 3.98. The molecule has 0 bridgehead atoms. The molecule has 0 fully saturated rings. The van der Waals surface area contributed by atoms with Gasteiger partial charge in [-0.05, 0) is 36.1 Å². The number of nitrogens with two attached hydrogens (primary N) is 1. The molecule has 0 aliphatic carbocycles. The number of anilines is 1. The molecule has 3 N–H and O–H groups in total. The zero-order chi connectivity index (χ0) is 14.0. The van der Waals surface area contributed by atoms with Crippen molar-refractivity contribution in [3.63, 3.8) is 0 Å². The van der Waals surface area contributed by atoms with E-state index in [1.54, 1.807) is 23.6 Å². The lowest BCUT2D eigenvalue weighted by molar-refractivity contribution is 0.600. The second-order valence-corrected chi connectivity index (χ2v) is 7.49. The summed E-state index contributed by atoms with van der Waals surface area (Å²) in [5.41, 5.74) is 7.10. The molecule has 1 heterocycles. The Morgan fingerprint density at radius 3 is 2.74 bits per heavy atom. The third-order valence-electron chi connectivity index (χ3n) is 2.60. The first-order valence-electron chi connectivity index (χ1n) is 5.49. The predicted molar refractivity (Wildman–Crippen MR) is 81.9 cm³/mol. The van der Waals surface area contributed by atoms with E-state index in [0.29, 0.717) is 10.6 Å². The van der Waals surface area contributed by atoms with Crippen molar-refractivity contribution in [3.05, 3.63) is 44.6 Å². The van der Waals surface area contributed by atoms with Gasteiger partial charge in [-0.2, -0.15) is 0 Å². The number of sulfonamides is 1. The highest BCUT2D eigenvalue weighted by atomic mass is 79.9. The summed E-state index contributed by atoms with van der Waals surface area (Å²) in [5.74, 6) is 0. The van der Waals surface area contributed by atoms with Gasteiger partial charge in [0.25, 0.3) is 10.0 Å². The van der Waals surface area contributed by atoms with Crippen molar-refractivity contribution in [3.8, 4) is 0 Å². The van der Waals surface area contributed by atoms with Crippen molar-refractivity contribution in [2.24, 2.45) is 5.73 Å². The van der Waals surface area contributed by atoms with Gasteiger partial charge in [0.2, 0.25) is 0 Å². The van der Waals surface area contributed by atoms with Gasteiger partial charge in [-0.15, -0.1) is 11.3 Å². The van der Waals surface area contributed by atoms with Crippen LogP contribution in [0.25, 0.3) is 0 Å². The topological polar surface area (TPSA) is 72.2 Å². The quantitative estimate of drug-likeness (QED) is 0.879. The summed E-state index contributed by atoms with van der Waals surface area (Å²) in [6.45, 7) is 2.15. The van der Waals surface area contributed by atoms with E-state index in [-0.39, 0.29) is 11.4 Å². The summed E-state index contributed by atoms with van der Waals surface area (Å²) in [7, 11) is -3.58. The average molecular weight is 361 g/mol. The molecule has 2 aromatic rings. The molecule has 0 aliphatic rings. The van der Waals surface area contributed by atoms with Gasteiger partial charge in [0.15, 0.2) is 0 Å². The molecular weight excluding hydrogens is 348 g/mol. The molecule has 2 rings (SSSR count). The van der Waals surface area contributed by atoms with E-state index in [1.807, 2.05) is 13.0 Å².